The Labute approximate surface area is 182 Å². The van der Waals surface area contributed by atoms with Crippen LogP contribution in [-0.4, -0.2) is 73.8 Å². The molecule has 166 valence electrons. The number of hydrogen-bond acceptors (Lipinski definition) is 8. The minimum atomic E-state index is -3.60. The lowest BCUT2D eigenvalue weighted by atomic mass is 10.1. The second-order valence-corrected chi connectivity index (χ2v) is 10.1. The number of benzene rings is 1. The van der Waals surface area contributed by atoms with E-state index in [9.17, 15) is 13.2 Å². The lowest BCUT2D eigenvalue weighted by Crippen LogP contribution is -2.56. The fraction of sp³-hybridized carbons (Fsp3) is 0.476. The summed E-state index contributed by atoms with van der Waals surface area (Å²) in [5, 5.41) is -0.594. The highest BCUT2D eigenvalue weighted by molar-refractivity contribution is 7.92. The van der Waals surface area contributed by atoms with Crippen molar-refractivity contribution in [2.24, 2.45) is 0 Å². The van der Waals surface area contributed by atoms with E-state index < -0.39 is 15.1 Å². The van der Waals surface area contributed by atoms with Gasteiger partial charge in [0.05, 0.1) is 18.1 Å². The molecule has 1 amide bonds. The number of ether oxygens (including phenoxy) is 1. The van der Waals surface area contributed by atoms with Crippen molar-refractivity contribution in [3.05, 3.63) is 30.6 Å². The first-order valence-electron chi connectivity index (χ1n) is 10.5. The van der Waals surface area contributed by atoms with Crippen molar-refractivity contribution in [3.8, 4) is 11.1 Å². The van der Waals surface area contributed by atoms with Crippen molar-refractivity contribution in [2.45, 2.75) is 29.9 Å². The molecule has 10 heteroatoms. The van der Waals surface area contributed by atoms with Gasteiger partial charge in [-0.3, -0.25) is 4.79 Å². The van der Waals surface area contributed by atoms with E-state index in [0.29, 0.717) is 43.9 Å². The monoisotopic (exact) mass is 445 g/mol. The highest BCUT2D eigenvalue weighted by atomic mass is 32.2. The number of nitrogens with zero attached hydrogens (tertiary/aromatic N) is 4. The molecule has 0 saturated carbocycles. The third kappa shape index (κ3) is 4.49. The van der Waals surface area contributed by atoms with E-state index in [0.717, 1.165) is 12.1 Å². The Hall–Kier alpha value is -2.72. The van der Waals surface area contributed by atoms with Crippen LogP contribution in [-0.2, 0) is 19.4 Å². The van der Waals surface area contributed by atoms with Crippen LogP contribution in [0.2, 0.25) is 0 Å². The largest absolute Gasteiger partial charge is 0.378 e. The first-order chi connectivity index (χ1) is 14.9. The molecule has 0 bridgehead atoms. The van der Waals surface area contributed by atoms with E-state index in [1.807, 2.05) is 13.0 Å². The maximum Gasteiger partial charge on any atom is 0.222 e. The van der Waals surface area contributed by atoms with Crippen molar-refractivity contribution in [1.82, 2.24) is 14.9 Å². The van der Waals surface area contributed by atoms with E-state index in [1.54, 1.807) is 29.4 Å². The van der Waals surface area contributed by atoms with Crippen molar-refractivity contribution < 1.29 is 17.9 Å². The third-order valence-corrected chi connectivity index (χ3v) is 7.77. The number of carbonyl (C=O) groups excluding carboxylic acids is 1. The predicted molar refractivity (Wildman–Crippen MR) is 117 cm³/mol. The van der Waals surface area contributed by atoms with Crippen molar-refractivity contribution in [2.75, 3.05) is 50.0 Å². The number of hydrogen-bond donors (Lipinski definition) is 1. The molecule has 2 aliphatic heterocycles. The van der Waals surface area contributed by atoms with Gasteiger partial charge in [-0.25, -0.2) is 18.4 Å². The lowest BCUT2D eigenvalue weighted by molar-refractivity contribution is -0.134. The van der Waals surface area contributed by atoms with Crippen LogP contribution in [0.5, 0.6) is 0 Å². The average Bonchev–Trinajstić information content (AvgIpc) is 2.73. The summed E-state index contributed by atoms with van der Waals surface area (Å²) < 4.78 is 32.2. The van der Waals surface area contributed by atoms with Crippen LogP contribution in [0.4, 0.5) is 11.6 Å². The molecule has 0 spiro atoms. The number of morpholine rings is 1. The SMILES string of the molecule is CCCC(=O)N1CC(S(=O)(=O)c2cc(-c3cnc(N)nc3)cc(N3CCOCC3)c2)C1. The van der Waals surface area contributed by atoms with Gasteiger partial charge in [-0.15, -0.1) is 0 Å². The zero-order chi connectivity index (χ0) is 22.0. The highest BCUT2D eigenvalue weighted by Gasteiger charge is 2.40. The summed E-state index contributed by atoms with van der Waals surface area (Å²) in [5.74, 6) is 0.169. The zero-order valence-corrected chi connectivity index (χ0v) is 18.3. The zero-order valence-electron chi connectivity index (χ0n) is 17.5. The van der Waals surface area contributed by atoms with E-state index in [4.69, 9.17) is 10.5 Å². The van der Waals surface area contributed by atoms with Gasteiger partial charge >= 0.3 is 0 Å². The Morgan fingerprint density at radius 3 is 2.45 bits per heavy atom. The Balaban J connectivity index is 1.66. The molecule has 4 rings (SSSR count). The summed E-state index contributed by atoms with van der Waals surface area (Å²) >= 11 is 0. The topological polar surface area (TPSA) is 119 Å². The third-order valence-electron chi connectivity index (χ3n) is 5.70. The van der Waals surface area contributed by atoms with Crippen LogP contribution in [0.1, 0.15) is 19.8 Å². The first kappa shape index (κ1) is 21.5. The Morgan fingerprint density at radius 1 is 1.13 bits per heavy atom. The molecule has 3 heterocycles. The number of sulfone groups is 1. The number of likely N-dealkylation sites (tertiary alicyclic amines) is 1. The summed E-state index contributed by atoms with van der Waals surface area (Å²) in [6.07, 6.45) is 4.37. The predicted octanol–water partition coefficient (Wildman–Crippen LogP) is 1.35. The molecule has 2 aromatic rings. The first-order valence-corrected chi connectivity index (χ1v) is 12.0. The van der Waals surface area contributed by atoms with Gasteiger partial charge in [-0.2, -0.15) is 0 Å². The molecule has 0 aliphatic carbocycles. The average molecular weight is 446 g/mol. The van der Waals surface area contributed by atoms with Crippen LogP contribution in [0.15, 0.2) is 35.5 Å². The number of nitrogens with two attached hydrogens (primary N) is 1. The molecule has 31 heavy (non-hydrogen) atoms. The second kappa shape index (κ2) is 8.80. The number of anilines is 2. The number of carbonyl (C=O) groups is 1. The molecular formula is C21H27N5O4S. The quantitative estimate of drug-likeness (QED) is 0.708. The summed E-state index contributed by atoms with van der Waals surface area (Å²) in [4.78, 5) is 24.1. The maximum atomic E-state index is 13.4. The molecule has 2 fully saturated rings. The summed E-state index contributed by atoms with van der Waals surface area (Å²) in [5.41, 5.74) is 7.81. The van der Waals surface area contributed by atoms with Crippen LogP contribution in [0, 0.1) is 0 Å². The van der Waals surface area contributed by atoms with Gasteiger partial charge in [0.2, 0.25) is 11.9 Å². The Morgan fingerprint density at radius 2 is 1.81 bits per heavy atom. The molecule has 9 nitrogen and oxygen atoms in total. The van der Waals surface area contributed by atoms with E-state index in [2.05, 4.69) is 14.9 Å². The highest BCUT2D eigenvalue weighted by Crippen LogP contribution is 2.32. The van der Waals surface area contributed by atoms with Gasteiger partial charge in [0.25, 0.3) is 0 Å². The Bertz CT molecular complexity index is 1050. The molecule has 1 aromatic heterocycles. The number of rotatable bonds is 6. The minimum absolute atomic E-state index is 0.00993. The van der Waals surface area contributed by atoms with Gasteiger partial charge < -0.3 is 20.3 Å². The minimum Gasteiger partial charge on any atom is -0.378 e. The fourth-order valence-corrected chi connectivity index (χ4v) is 5.52. The summed E-state index contributed by atoms with van der Waals surface area (Å²) in [6, 6.07) is 5.32. The standard InChI is InChI=1S/C21H27N5O4S/c1-2-3-20(27)26-13-19(14-26)31(28,29)18-9-15(16-11-23-21(22)24-12-16)8-17(10-18)25-4-6-30-7-5-25/h8-12,19H,2-7,13-14H2,1H3,(H2,22,23,24). The fourth-order valence-electron chi connectivity index (χ4n) is 3.81. The van der Waals surface area contributed by atoms with Gasteiger partial charge in [0.15, 0.2) is 9.84 Å². The van der Waals surface area contributed by atoms with Crippen LogP contribution >= 0.6 is 0 Å². The maximum absolute atomic E-state index is 13.4. The molecule has 2 aliphatic rings. The van der Waals surface area contributed by atoms with Crippen molar-refractivity contribution >= 4 is 27.4 Å². The van der Waals surface area contributed by atoms with Gasteiger partial charge in [0, 0.05) is 56.2 Å². The van der Waals surface area contributed by atoms with Crippen molar-refractivity contribution in [3.63, 3.8) is 0 Å². The molecular weight excluding hydrogens is 418 g/mol. The Kier molecular flexibility index (Phi) is 6.10. The van der Waals surface area contributed by atoms with Gasteiger partial charge in [-0.05, 0) is 30.2 Å². The second-order valence-electron chi connectivity index (χ2n) is 7.86. The normalized spacial score (nSPS) is 17.5. The van der Waals surface area contributed by atoms with Gasteiger partial charge in [0.1, 0.15) is 5.25 Å². The number of nitrogen functional groups attached to an aromatic ring is 1. The van der Waals surface area contributed by atoms with E-state index in [1.165, 1.54) is 0 Å². The van der Waals surface area contributed by atoms with Crippen LogP contribution in [0.3, 0.4) is 0 Å². The molecule has 1 aromatic carbocycles. The molecule has 0 unspecified atom stereocenters. The molecule has 0 radical (unpaired) electrons. The van der Waals surface area contributed by atoms with Crippen LogP contribution < -0.4 is 10.6 Å². The molecule has 2 N–H and O–H groups in total. The molecule has 0 atom stereocenters. The van der Waals surface area contributed by atoms with E-state index >= 15 is 0 Å². The molecule has 2 saturated heterocycles. The summed E-state index contributed by atoms with van der Waals surface area (Å²) in [7, 11) is -3.60. The van der Waals surface area contributed by atoms with E-state index in [-0.39, 0.29) is 29.8 Å². The van der Waals surface area contributed by atoms with Crippen LogP contribution in [0.25, 0.3) is 11.1 Å². The summed E-state index contributed by atoms with van der Waals surface area (Å²) in [6.45, 7) is 4.97. The lowest BCUT2D eigenvalue weighted by Gasteiger charge is -2.39. The number of aromatic nitrogens is 2. The smallest absolute Gasteiger partial charge is 0.222 e. The number of amides is 1. The van der Waals surface area contributed by atoms with Gasteiger partial charge in [-0.1, -0.05) is 6.92 Å². The van der Waals surface area contributed by atoms with Crippen molar-refractivity contribution in [1.29, 1.82) is 0 Å².